The van der Waals surface area contributed by atoms with Crippen LogP contribution in [0.3, 0.4) is 0 Å². The molecule has 0 amide bonds. The zero-order valence-electron chi connectivity index (χ0n) is 11.2. The predicted molar refractivity (Wildman–Crippen MR) is 80.2 cm³/mol. The summed E-state index contributed by atoms with van der Waals surface area (Å²) in [6.07, 6.45) is 2.06. The number of likely N-dealkylation sites (N-methyl/N-ethyl adjacent to an activating group) is 1. The highest BCUT2D eigenvalue weighted by atomic mass is 35.5. The molecule has 1 nitrogen and oxygen atoms in total. The molecule has 1 aromatic carbocycles. The fourth-order valence-corrected chi connectivity index (χ4v) is 2.88. The Morgan fingerprint density at radius 3 is 2.72 bits per heavy atom. The lowest BCUT2D eigenvalue weighted by Gasteiger charge is -2.18. The zero-order chi connectivity index (χ0) is 13.5. The van der Waals surface area contributed by atoms with Gasteiger partial charge in [-0.3, -0.25) is 0 Å². The Morgan fingerprint density at radius 2 is 2.17 bits per heavy atom. The summed E-state index contributed by atoms with van der Waals surface area (Å²) >= 11 is 7.76. The maximum atomic E-state index is 13.1. The number of hydrogen-bond acceptors (Lipinski definition) is 2. The molecule has 1 rings (SSSR count). The van der Waals surface area contributed by atoms with Crippen molar-refractivity contribution in [3.05, 3.63) is 34.6 Å². The summed E-state index contributed by atoms with van der Waals surface area (Å²) < 4.78 is 13.1. The summed E-state index contributed by atoms with van der Waals surface area (Å²) in [5.74, 6) is 0.705. The lowest BCUT2D eigenvalue weighted by atomic mass is 10.1. The fraction of sp³-hybridized carbons (Fsp3) is 0.571. The Balaban J connectivity index is 2.54. The molecule has 0 saturated carbocycles. The average molecular weight is 290 g/mol. The number of benzene rings is 1. The Hall–Kier alpha value is -0.250. The van der Waals surface area contributed by atoms with E-state index in [-0.39, 0.29) is 10.8 Å². The maximum absolute atomic E-state index is 13.1. The maximum Gasteiger partial charge on any atom is 0.141 e. The van der Waals surface area contributed by atoms with E-state index in [1.54, 1.807) is 12.1 Å². The van der Waals surface area contributed by atoms with Gasteiger partial charge >= 0.3 is 0 Å². The van der Waals surface area contributed by atoms with Gasteiger partial charge in [0.15, 0.2) is 0 Å². The fourth-order valence-electron chi connectivity index (χ4n) is 1.59. The first-order valence-electron chi connectivity index (χ1n) is 6.29. The number of thioether (sulfide) groups is 1. The molecule has 2 unspecified atom stereocenters. The second kappa shape index (κ2) is 8.03. The first-order chi connectivity index (χ1) is 8.56. The van der Waals surface area contributed by atoms with Crippen LogP contribution in [-0.4, -0.2) is 24.1 Å². The number of rotatable bonds is 7. The van der Waals surface area contributed by atoms with Crippen LogP contribution < -0.4 is 5.32 Å². The van der Waals surface area contributed by atoms with Gasteiger partial charge in [-0.15, -0.1) is 0 Å². The van der Waals surface area contributed by atoms with Crippen LogP contribution in [0.25, 0.3) is 0 Å². The minimum Gasteiger partial charge on any atom is -0.316 e. The topological polar surface area (TPSA) is 12.0 Å². The SMILES string of the molecule is CCC(C)SCC(Cc1ccc(F)c(Cl)c1)NC. The molecule has 0 bridgehead atoms. The van der Waals surface area contributed by atoms with Crippen molar-refractivity contribution < 1.29 is 4.39 Å². The van der Waals surface area contributed by atoms with Crippen LogP contribution in [0.2, 0.25) is 5.02 Å². The first kappa shape index (κ1) is 15.8. The molecule has 0 aromatic heterocycles. The van der Waals surface area contributed by atoms with Crippen molar-refractivity contribution >= 4 is 23.4 Å². The normalized spacial score (nSPS) is 14.5. The van der Waals surface area contributed by atoms with E-state index in [9.17, 15) is 4.39 Å². The van der Waals surface area contributed by atoms with Gasteiger partial charge in [-0.2, -0.15) is 11.8 Å². The molecule has 1 N–H and O–H groups in total. The highest BCUT2D eigenvalue weighted by Crippen LogP contribution is 2.19. The summed E-state index contributed by atoms with van der Waals surface area (Å²) in [7, 11) is 1.97. The molecule has 0 saturated heterocycles. The zero-order valence-corrected chi connectivity index (χ0v) is 12.7. The Labute approximate surface area is 118 Å². The minimum atomic E-state index is -0.351. The smallest absolute Gasteiger partial charge is 0.141 e. The molecule has 4 heteroatoms. The summed E-state index contributed by atoms with van der Waals surface area (Å²) in [4.78, 5) is 0. The van der Waals surface area contributed by atoms with E-state index in [0.717, 1.165) is 17.7 Å². The van der Waals surface area contributed by atoms with Crippen molar-refractivity contribution in [1.82, 2.24) is 5.32 Å². The van der Waals surface area contributed by atoms with E-state index >= 15 is 0 Å². The van der Waals surface area contributed by atoms with Gasteiger partial charge in [0.1, 0.15) is 5.82 Å². The van der Waals surface area contributed by atoms with E-state index in [1.807, 2.05) is 18.8 Å². The highest BCUT2D eigenvalue weighted by Gasteiger charge is 2.11. The van der Waals surface area contributed by atoms with Gasteiger partial charge in [0, 0.05) is 17.0 Å². The van der Waals surface area contributed by atoms with Crippen molar-refractivity contribution in [3.8, 4) is 0 Å². The number of nitrogens with one attached hydrogen (secondary N) is 1. The van der Waals surface area contributed by atoms with Crippen LogP contribution in [0.15, 0.2) is 18.2 Å². The molecule has 0 aliphatic carbocycles. The van der Waals surface area contributed by atoms with Crippen LogP contribution in [0.1, 0.15) is 25.8 Å². The average Bonchev–Trinajstić information content (AvgIpc) is 2.38. The molecule has 0 aliphatic heterocycles. The molecule has 0 radical (unpaired) electrons. The van der Waals surface area contributed by atoms with Crippen molar-refractivity contribution in [3.63, 3.8) is 0 Å². The van der Waals surface area contributed by atoms with E-state index in [1.165, 1.54) is 12.5 Å². The second-order valence-corrected chi connectivity index (χ2v) is 6.37. The largest absolute Gasteiger partial charge is 0.316 e. The molecule has 0 aliphatic rings. The third-order valence-corrected chi connectivity index (χ3v) is 4.82. The van der Waals surface area contributed by atoms with E-state index < -0.39 is 0 Å². The Kier molecular flexibility index (Phi) is 7.05. The van der Waals surface area contributed by atoms with E-state index in [0.29, 0.717) is 11.3 Å². The highest BCUT2D eigenvalue weighted by molar-refractivity contribution is 7.99. The van der Waals surface area contributed by atoms with Gasteiger partial charge in [-0.05, 0) is 37.6 Å². The number of hydrogen-bond donors (Lipinski definition) is 1. The molecule has 0 spiro atoms. The molecule has 0 heterocycles. The van der Waals surface area contributed by atoms with E-state index in [2.05, 4.69) is 19.2 Å². The van der Waals surface area contributed by atoms with Gasteiger partial charge in [-0.25, -0.2) is 4.39 Å². The van der Waals surface area contributed by atoms with Crippen molar-refractivity contribution in [2.75, 3.05) is 12.8 Å². The van der Waals surface area contributed by atoms with Crippen LogP contribution in [0.5, 0.6) is 0 Å². The third kappa shape index (κ3) is 5.17. The van der Waals surface area contributed by atoms with Gasteiger partial charge in [0.2, 0.25) is 0 Å². The monoisotopic (exact) mass is 289 g/mol. The van der Waals surface area contributed by atoms with E-state index in [4.69, 9.17) is 11.6 Å². The van der Waals surface area contributed by atoms with Crippen LogP contribution >= 0.6 is 23.4 Å². The molecular formula is C14H21ClFNS. The Morgan fingerprint density at radius 1 is 1.44 bits per heavy atom. The lowest BCUT2D eigenvalue weighted by Crippen LogP contribution is -2.30. The summed E-state index contributed by atoms with van der Waals surface area (Å²) in [6.45, 7) is 4.44. The lowest BCUT2D eigenvalue weighted by molar-refractivity contribution is 0.609. The standard InChI is InChI=1S/C14H21ClFNS/c1-4-10(2)18-9-12(17-3)7-11-5-6-14(16)13(15)8-11/h5-6,8,10,12,17H,4,7,9H2,1-3H3. The van der Waals surface area contributed by atoms with Gasteiger partial charge in [0.25, 0.3) is 0 Å². The first-order valence-corrected chi connectivity index (χ1v) is 7.72. The Bertz CT molecular complexity index is 373. The molecule has 1 aromatic rings. The molecular weight excluding hydrogens is 269 g/mol. The molecule has 0 fully saturated rings. The summed E-state index contributed by atoms with van der Waals surface area (Å²) in [5.41, 5.74) is 1.07. The van der Waals surface area contributed by atoms with Crippen molar-refractivity contribution in [2.24, 2.45) is 0 Å². The van der Waals surface area contributed by atoms with Crippen LogP contribution in [-0.2, 0) is 6.42 Å². The third-order valence-electron chi connectivity index (χ3n) is 3.03. The van der Waals surface area contributed by atoms with Gasteiger partial charge in [-0.1, -0.05) is 31.5 Å². The van der Waals surface area contributed by atoms with Crippen molar-refractivity contribution in [2.45, 2.75) is 38.0 Å². The summed E-state index contributed by atoms with van der Waals surface area (Å²) in [5, 5.41) is 4.19. The van der Waals surface area contributed by atoms with Crippen molar-refractivity contribution in [1.29, 1.82) is 0 Å². The second-order valence-electron chi connectivity index (χ2n) is 4.49. The van der Waals surface area contributed by atoms with Gasteiger partial charge in [0.05, 0.1) is 5.02 Å². The minimum absolute atomic E-state index is 0.205. The molecule has 2 atom stereocenters. The quantitative estimate of drug-likeness (QED) is 0.809. The molecule has 18 heavy (non-hydrogen) atoms. The van der Waals surface area contributed by atoms with Crippen LogP contribution in [0, 0.1) is 5.82 Å². The summed E-state index contributed by atoms with van der Waals surface area (Å²) in [6, 6.07) is 5.35. The van der Waals surface area contributed by atoms with Crippen LogP contribution in [0.4, 0.5) is 4.39 Å². The molecule has 102 valence electrons. The predicted octanol–water partition coefficient (Wildman–Crippen LogP) is 4.14. The van der Waals surface area contributed by atoms with Gasteiger partial charge < -0.3 is 5.32 Å². The number of halogens is 2.